The Morgan fingerprint density at radius 1 is 1.23 bits per heavy atom. The number of carbonyl (C=O) groups excluding carboxylic acids is 1. The van der Waals surface area contributed by atoms with Crippen molar-refractivity contribution in [3.05, 3.63) is 58.6 Å². The van der Waals surface area contributed by atoms with E-state index in [-0.39, 0.29) is 0 Å². The molecule has 7 heteroatoms. The van der Waals surface area contributed by atoms with E-state index in [1.807, 2.05) is 25.1 Å². The van der Waals surface area contributed by atoms with Crippen molar-refractivity contribution in [2.45, 2.75) is 6.92 Å². The molecule has 0 spiro atoms. The van der Waals surface area contributed by atoms with Gasteiger partial charge in [-0.15, -0.1) is 0 Å². The number of carbonyl (C=O) groups is 1. The van der Waals surface area contributed by atoms with Crippen LogP contribution in [-0.4, -0.2) is 22.2 Å². The number of benzene rings is 2. The lowest BCUT2D eigenvalue weighted by atomic mass is 9.98. The monoisotopic (exact) mass is 340 g/mol. The lowest BCUT2D eigenvalue weighted by Crippen LogP contribution is -2.08. The van der Waals surface area contributed by atoms with Crippen molar-refractivity contribution >= 4 is 25.2 Å². The summed E-state index contributed by atoms with van der Waals surface area (Å²) < 4.78 is 14.9. The normalized spacial score (nSPS) is 11.5. The van der Waals surface area contributed by atoms with Gasteiger partial charge in [-0.05, 0) is 41.8 Å². The van der Waals surface area contributed by atoms with Gasteiger partial charge >= 0.3 is 7.82 Å². The number of Topliss-reactive ketones (excluding diaryl/α,β-unsaturated/α-hetero) is 1. The summed E-state index contributed by atoms with van der Waals surface area (Å²) in [6.45, 7) is 1.24. The van der Waals surface area contributed by atoms with Gasteiger partial charge in [0.05, 0.1) is 0 Å². The van der Waals surface area contributed by atoms with Crippen molar-refractivity contribution in [3.8, 4) is 11.1 Å². The highest BCUT2D eigenvalue weighted by Gasteiger charge is 2.17. The first-order chi connectivity index (χ1) is 10.3. The first kappa shape index (κ1) is 16.9. The van der Waals surface area contributed by atoms with Gasteiger partial charge in [0.2, 0.25) is 0 Å². The van der Waals surface area contributed by atoms with E-state index in [4.69, 9.17) is 21.4 Å². The first-order valence-electron chi connectivity index (χ1n) is 6.36. The summed E-state index contributed by atoms with van der Waals surface area (Å²) in [5.41, 5.74) is 3.02. The molecule has 0 saturated carbocycles. The molecule has 0 unspecified atom stereocenters. The van der Waals surface area contributed by atoms with E-state index >= 15 is 0 Å². The Bertz CT molecular complexity index is 753. The predicted molar refractivity (Wildman–Crippen MR) is 84.0 cm³/mol. The van der Waals surface area contributed by atoms with Crippen LogP contribution in [0.4, 0.5) is 0 Å². The highest BCUT2D eigenvalue weighted by molar-refractivity contribution is 7.46. The molecule has 0 aromatic heterocycles. The van der Waals surface area contributed by atoms with E-state index in [0.717, 1.165) is 16.7 Å². The molecule has 5 nitrogen and oxygen atoms in total. The van der Waals surface area contributed by atoms with Gasteiger partial charge < -0.3 is 9.79 Å². The van der Waals surface area contributed by atoms with Crippen molar-refractivity contribution < 1.29 is 23.7 Å². The van der Waals surface area contributed by atoms with Crippen molar-refractivity contribution in [3.63, 3.8) is 0 Å². The maximum Gasteiger partial charge on any atom is 0.470 e. The molecule has 0 aliphatic rings. The van der Waals surface area contributed by atoms with E-state index < -0.39 is 20.2 Å². The molecule has 0 heterocycles. The number of hydrogen-bond acceptors (Lipinski definition) is 3. The maximum atomic E-state index is 11.9. The van der Waals surface area contributed by atoms with Gasteiger partial charge in [0.1, 0.15) is 6.61 Å². The van der Waals surface area contributed by atoms with Gasteiger partial charge in [-0.1, -0.05) is 35.9 Å². The standard InChI is InChI=1S/C15H14ClO5P/c1-10-7-13(16)5-6-14(10)11-3-2-4-12(8-11)15(17)9-21-22(18,19)20/h2-8H,9H2,1H3,(H2,18,19,20). The van der Waals surface area contributed by atoms with E-state index in [2.05, 4.69) is 4.52 Å². The molecule has 2 aromatic carbocycles. The summed E-state index contributed by atoms with van der Waals surface area (Å²) in [5.74, 6) is -0.503. The van der Waals surface area contributed by atoms with Gasteiger partial charge in [0.25, 0.3) is 0 Å². The Kier molecular flexibility index (Phi) is 5.16. The molecular formula is C15H14ClO5P. The summed E-state index contributed by atoms with van der Waals surface area (Å²) in [6, 6.07) is 12.2. The van der Waals surface area contributed by atoms with Crippen LogP contribution in [0.5, 0.6) is 0 Å². The topological polar surface area (TPSA) is 83.8 Å². The van der Waals surface area contributed by atoms with E-state index in [1.54, 1.807) is 24.3 Å². The second kappa shape index (κ2) is 6.73. The number of rotatable bonds is 5. The lowest BCUT2D eigenvalue weighted by Gasteiger charge is -2.09. The first-order valence-corrected chi connectivity index (χ1v) is 8.27. The highest BCUT2D eigenvalue weighted by atomic mass is 35.5. The third-order valence-electron chi connectivity index (χ3n) is 3.05. The maximum absolute atomic E-state index is 11.9. The quantitative estimate of drug-likeness (QED) is 0.641. The fourth-order valence-electron chi connectivity index (χ4n) is 2.04. The molecule has 2 rings (SSSR count). The number of halogens is 1. The summed E-state index contributed by atoms with van der Waals surface area (Å²) >= 11 is 5.93. The third-order valence-corrected chi connectivity index (χ3v) is 3.75. The average molecular weight is 341 g/mol. The molecule has 116 valence electrons. The molecular weight excluding hydrogens is 327 g/mol. The Morgan fingerprint density at radius 3 is 2.59 bits per heavy atom. The van der Waals surface area contributed by atoms with Gasteiger partial charge in [-0.25, -0.2) is 4.57 Å². The van der Waals surface area contributed by atoms with Crippen LogP contribution in [0.2, 0.25) is 5.02 Å². The van der Waals surface area contributed by atoms with Crippen LogP contribution in [0.25, 0.3) is 11.1 Å². The Morgan fingerprint density at radius 2 is 1.95 bits per heavy atom. The minimum absolute atomic E-state index is 0.320. The van der Waals surface area contributed by atoms with Gasteiger partial charge in [0, 0.05) is 10.6 Å². The molecule has 0 saturated heterocycles. The number of ketones is 1. The molecule has 2 aromatic rings. The summed E-state index contributed by atoms with van der Waals surface area (Å²) in [4.78, 5) is 29.2. The van der Waals surface area contributed by atoms with Crippen molar-refractivity contribution in [2.24, 2.45) is 0 Å². The molecule has 0 fully saturated rings. The zero-order valence-corrected chi connectivity index (χ0v) is 13.3. The Hall–Kier alpha value is -1.49. The number of phosphoric acid groups is 1. The van der Waals surface area contributed by atoms with Gasteiger partial charge in [-0.3, -0.25) is 9.32 Å². The number of hydrogen-bond donors (Lipinski definition) is 2. The predicted octanol–water partition coefficient (Wildman–Crippen LogP) is 3.61. The van der Waals surface area contributed by atoms with Gasteiger partial charge in [-0.2, -0.15) is 0 Å². The molecule has 0 amide bonds. The molecule has 0 aliphatic carbocycles. The molecule has 0 atom stereocenters. The molecule has 2 N–H and O–H groups in total. The number of aryl methyl sites for hydroxylation is 1. The van der Waals surface area contributed by atoms with Gasteiger partial charge in [0.15, 0.2) is 5.78 Å². The zero-order valence-electron chi connectivity index (χ0n) is 11.7. The van der Waals surface area contributed by atoms with Crippen LogP contribution in [0.1, 0.15) is 15.9 Å². The summed E-state index contributed by atoms with van der Waals surface area (Å²) in [7, 11) is -4.66. The van der Waals surface area contributed by atoms with E-state index in [9.17, 15) is 9.36 Å². The van der Waals surface area contributed by atoms with E-state index in [0.29, 0.717) is 10.6 Å². The highest BCUT2D eigenvalue weighted by Crippen LogP contribution is 2.35. The van der Waals surface area contributed by atoms with Crippen molar-refractivity contribution in [2.75, 3.05) is 6.61 Å². The summed E-state index contributed by atoms with van der Waals surface area (Å²) in [6.07, 6.45) is 0. The van der Waals surface area contributed by atoms with Crippen LogP contribution in [0.15, 0.2) is 42.5 Å². The van der Waals surface area contributed by atoms with Crippen molar-refractivity contribution in [1.29, 1.82) is 0 Å². The fraction of sp³-hybridized carbons (Fsp3) is 0.133. The molecule has 0 radical (unpaired) electrons. The van der Waals surface area contributed by atoms with Crippen molar-refractivity contribution in [1.82, 2.24) is 0 Å². The summed E-state index contributed by atoms with van der Waals surface area (Å²) in [5, 5.41) is 0.628. The van der Waals surface area contributed by atoms with Crippen LogP contribution >= 0.6 is 19.4 Å². The second-order valence-electron chi connectivity index (χ2n) is 4.73. The van der Waals surface area contributed by atoms with Crippen LogP contribution < -0.4 is 0 Å². The SMILES string of the molecule is Cc1cc(Cl)ccc1-c1cccc(C(=O)COP(=O)(O)O)c1. The molecule has 0 aliphatic heterocycles. The molecule has 0 bridgehead atoms. The Balaban J connectivity index is 2.26. The minimum Gasteiger partial charge on any atom is -0.303 e. The minimum atomic E-state index is -4.66. The smallest absolute Gasteiger partial charge is 0.303 e. The zero-order chi connectivity index (χ0) is 16.3. The average Bonchev–Trinajstić information content (AvgIpc) is 2.44. The van der Waals surface area contributed by atoms with Crippen LogP contribution in [0.3, 0.4) is 0 Å². The second-order valence-corrected chi connectivity index (χ2v) is 6.40. The molecule has 22 heavy (non-hydrogen) atoms. The fourth-order valence-corrected chi connectivity index (χ4v) is 2.55. The lowest BCUT2D eigenvalue weighted by molar-refractivity contribution is 0.0884. The van der Waals surface area contributed by atoms with E-state index in [1.165, 1.54) is 0 Å². The number of phosphoric ester groups is 1. The largest absolute Gasteiger partial charge is 0.470 e. The van der Waals surface area contributed by atoms with Crippen LogP contribution in [0, 0.1) is 6.92 Å². The Labute approximate surface area is 132 Å². The third kappa shape index (κ3) is 4.50. The van der Waals surface area contributed by atoms with Crippen LogP contribution in [-0.2, 0) is 9.09 Å².